The van der Waals surface area contributed by atoms with E-state index < -0.39 is 11.9 Å². The molecule has 0 bridgehead atoms. The van der Waals surface area contributed by atoms with Crippen LogP contribution in [0.1, 0.15) is 31.2 Å². The highest BCUT2D eigenvalue weighted by atomic mass is 16.5. The molecule has 3 rings (SSSR count). The molecule has 0 spiro atoms. The number of carboxylic acid groups (broad SMARTS) is 1. The molecule has 6 heteroatoms. The number of piperidine rings is 1. The fourth-order valence-corrected chi connectivity index (χ4v) is 2.93. The lowest BCUT2D eigenvalue weighted by Crippen LogP contribution is -2.46. The maximum absolute atomic E-state index is 12.3. The molecule has 2 fully saturated rings. The van der Waals surface area contributed by atoms with Gasteiger partial charge < -0.3 is 20.1 Å². The molecule has 1 aromatic rings. The van der Waals surface area contributed by atoms with E-state index in [0.717, 1.165) is 24.3 Å². The van der Waals surface area contributed by atoms with Crippen molar-refractivity contribution in [2.45, 2.75) is 32.2 Å². The van der Waals surface area contributed by atoms with Gasteiger partial charge >= 0.3 is 12.0 Å². The van der Waals surface area contributed by atoms with Crippen LogP contribution >= 0.6 is 0 Å². The number of nitrogens with zero attached hydrogens (tertiary/aromatic N) is 1. The Hall–Kier alpha value is -2.24. The molecule has 1 saturated heterocycles. The molecule has 24 heavy (non-hydrogen) atoms. The Balaban J connectivity index is 1.53. The van der Waals surface area contributed by atoms with E-state index in [1.54, 1.807) is 4.90 Å². The van der Waals surface area contributed by atoms with Gasteiger partial charge in [-0.15, -0.1) is 0 Å². The Labute approximate surface area is 141 Å². The van der Waals surface area contributed by atoms with Gasteiger partial charge in [0.25, 0.3) is 0 Å². The molecule has 6 nitrogen and oxygen atoms in total. The first-order valence-corrected chi connectivity index (χ1v) is 8.60. The molecule has 1 aromatic carbocycles. The highest BCUT2D eigenvalue weighted by molar-refractivity contribution is 5.76. The van der Waals surface area contributed by atoms with Crippen LogP contribution in [0.15, 0.2) is 24.3 Å². The van der Waals surface area contributed by atoms with Gasteiger partial charge in [0.2, 0.25) is 0 Å². The first-order valence-electron chi connectivity index (χ1n) is 8.60. The van der Waals surface area contributed by atoms with Crippen LogP contribution in [0.3, 0.4) is 0 Å². The third kappa shape index (κ3) is 4.40. The molecule has 1 unspecified atom stereocenters. The van der Waals surface area contributed by atoms with Crippen LogP contribution in [-0.4, -0.2) is 41.7 Å². The van der Waals surface area contributed by atoms with Crippen molar-refractivity contribution in [2.75, 3.05) is 19.7 Å². The number of carbonyl (C=O) groups excluding carboxylic acids is 1. The fourth-order valence-electron chi connectivity index (χ4n) is 2.93. The standard InChI is InChI=1S/C18H24N2O4/c21-17(22)15-5-3-9-20(11-15)18(23)19-10-14-4-1-2-6-16(14)24-12-13-7-8-13/h1-2,4,6,13,15H,3,5,7-12H2,(H,19,23)(H,21,22). The van der Waals surface area contributed by atoms with E-state index in [2.05, 4.69) is 5.32 Å². The van der Waals surface area contributed by atoms with E-state index in [1.807, 2.05) is 24.3 Å². The van der Waals surface area contributed by atoms with E-state index in [-0.39, 0.29) is 12.6 Å². The first-order chi connectivity index (χ1) is 11.6. The summed E-state index contributed by atoms with van der Waals surface area (Å²) >= 11 is 0. The maximum atomic E-state index is 12.3. The van der Waals surface area contributed by atoms with Gasteiger partial charge in [-0.3, -0.25) is 4.79 Å². The monoisotopic (exact) mass is 332 g/mol. The number of aliphatic carboxylic acids is 1. The van der Waals surface area contributed by atoms with Crippen LogP contribution in [0.4, 0.5) is 4.79 Å². The number of para-hydroxylation sites is 1. The zero-order chi connectivity index (χ0) is 16.9. The summed E-state index contributed by atoms with van der Waals surface area (Å²) in [5.41, 5.74) is 0.943. The molecule has 0 radical (unpaired) electrons. The lowest BCUT2D eigenvalue weighted by molar-refractivity contribution is -0.143. The van der Waals surface area contributed by atoms with E-state index in [9.17, 15) is 9.59 Å². The maximum Gasteiger partial charge on any atom is 0.317 e. The summed E-state index contributed by atoms with van der Waals surface area (Å²) in [6, 6.07) is 7.50. The number of nitrogens with one attached hydrogen (secondary N) is 1. The normalized spacial score (nSPS) is 20.5. The number of likely N-dealkylation sites (tertiary alicyclic amines) is 1. The highest BCUT2D eigenvalue weighted by Gasteiger charge is 2.28. The molecule has 1 saturated carbocycles. The van der Waals surface area contributed by atoms with Gasteiger partial charge in [0.15, 0.2) is 0 Å². The van der Waals surface area contributed by atoms with Crippen molar-refractivity contribution in [2.24, 2.45) is 11.8 Å². The summed E-state index contributed by atoms with van der Waals surface area (Å²) in [4.78, 5) is 25.0. The smallest absolute Gasteiger partial charge is 0.317 e. The summed E-state index contributed by atoms with van der Waals surface area (Å²) in [6.07, 6.45) is 3.83. The number of hydrogen-bond donors (Lipinski definition) is 2. The van der Waals surface area contributed by atoms with Crippen molar-refractivity contribution in [3.8, 4) is 5.75 Å². The summed E-state index contributed by atoms with van der Waals surface area (Å²) in [6.45, 7) is 2.00. The minimum Gasteiger partial charge on any atom is -0.493 e. The summed E-state index contributed by atoms with van der Waals surface area (Å²) in [7, 11) is 0. The van der Waals surface area contributed by atoms with Crippen molar-refractivity contribution >= 4 is 12.0 Å². The Morgan fingerprint density at radius 3 is 2.79 bits per heavy atom. The van der Waals surface area contributed by atoms with Crippen molar-refractivity contribution < 1.29 is 19.4 Å². The van der Waals surface area contributed by atoms with E-state index in [4.69, 9.17) is 9.84 Å². The summed E-state index contributed by atoms with van der Waals surface area (Å²) in [5, 5.41) is 12.0. The van der Waals surface area contributed by atoms with Gasteiger partial charge in [-0.2, -0.15) is 0 Å². The van der Waals surface area contributed by atoms with E-state index in [1.165, 1.54) is 12.8 Å². The fraction of sp³-hybridized carbons (Fsp3) is 0.556. The Kier molecular flexibility index (Phi) is 5.23. The molecule has 1 atom stereocenters. The van der Waals surface area contributed by atoms with Gasteiger partial charge in [0, 0.05) is 25.2 Å². The first kappa shape index (κ1) is 16.6. The quantitative estimate of drug-likeness (QED) is 0.839. The topological polar surface area (TPSA) is 78.9 Å². The molecule has 0 aromatic heterocycles. The summed E-state index contributed by atoms with van der Waals surface area (Å²) in [5.74, 6) is 0.200. The lowest BCUT2D eigenvalue weighted by atomic mass is 9.99. The molecule has 2 aliphatic rings. The molecule has 1 aliphatic carbocycles. The zero-order valence-corrected chi connectivity index (χ0v) is 13.7. The zero-order valence-electron chi connectivity index (χ0n) is 13.7. The van der Waals surface area contributed by atoms with Crippen LogP contribution in [0.25, 0.3) is 0 Å². The van der Waals surface area contributed by atoms with Gasteiger partial charge in [-0.05, 0) is 37.7 Å². The Morgan fingerprint density at radius 1 is 1.25 bits per heavy atom. The average molecular weight is 332 g/mol. The van der Waals surface area contributed by atoms with Gasteiger partial charge in [-0.1, -0.05) is 18.2 Å². The van der Waals surface area contributed by atoms with Gasteiger partial charge in [-0.25, -0.2) is 4.79 Å². The van der Waals surface area contributed by atoms with Crippen molar-refractivity contribution in [1.82, 2.24) is 10.2 Å². The molecular weight excluding hydrogens is 308 g/mol. The number of urea groups is 1. The predicted octanol–water partition coefficient (Wildman–Crippen LogP) is 2.48. The average Bonchev–Trinajstić information content (AvgIpc) is 3.43. The summed E-state index contributed by atoms with van der Waals surface area (Å²) < 4.78 is 5.84. The van der Waals surface area contributed by atoms with Crippen molar-refractivity contribution in [1.29, 1.82) is 0 Å². The van der Waals surface area contributed by atoms with E-state index >= 15 is 0 Å². The number of hydrogen-bond acceptors (Lipinski definition) is 3. The third-order valence-electron chi connectivity index (χ3n) is 4.63. The van der Waals surface area contributed by atoms with Crippen LogP contribution in [0.2, 0.25) is 0 Å². The SMILES string of the molecule is O=C(O)C1CCCN(C(=O)NCc2ccccc2OCC2CC2)C1. The van der Waals surface area contributed by atoms with Crippen molar-refractivity contribution in [3.05, 3.63) is 29.8 Å². The van der Waals surface area contributed by atoms with Gasteiger partial charge in [0.05, 0.1) is 12.5 Å². The number of benzene rings is 1. The second kappa shape index (κ2) is 7.55. The molecular formula is C18H24N2O4. The minimum atomic E-state index is -0.827. The molecule has 1 heterocycles. The van der Waals surface area contributed by atoms with Gasteiger partial charge in [0.1, 0.15) is 5.75 Å². The predicted molar refractivity (Wildman–Crippen MR) is 88.8 cm³/mol. The number of ether oxygens (including phenoxy) is 1. The number of carboxylic acids is 1. The van der Waals surface area contributed by atoms with Crippen LogP contribution < -0.4 is 10.1 Å². The number of rotatable bonds is 6. The number of amides is 2. The Bertz CT molecular complexity index is 600. The van der Waals surface area contributed by atoms with Crippen LogP contribution in [0.5, 0.6) is 5.75 Å². The van der Waals surface area contributed by atoms with Crippen molar-refractivity contribution in [3.63, 3.8) is 0 Å². The van der Waals surface area contributed by atoms with Crippen LogP contribution in [0, 0.1) is 11.8 Å². The second-order valence-electron chi connectivity index (χ2n) is 6.64. The minimum absolute atomic E-state index is 0.210. The second-order valence-corrected chi connectivity index (χ2v) is 6.64. The number of carbonyl (C=O) groups is 2. The lowest BCUT2D eigenvalue weighted by Gasteiger charge is -2.30. The molecule has 2 amide bonds. The molecule has 2 N–H and O–H groups in total. The molecule has 1 aliphatic heterocycles. The third-order valence-corrected chi connectivity index (χ3v) is 4.63. The largest absolute Gasteiger partial charge is 0.493 e. The van der Waals surface area contributed by atoms with E-state index in [0.29, 0.717) is 25.4 Å². The molecule has 130 valence electrons. The Morgan fingerprint density at radius 2 is 2.04 bits per heavy atom. The highest BCUT2D eigenvalue weighted by Crippen LogP contribution is 2.30. The van der Waals surface area contributed by atoms with Crippen LogP contribution in [-0.2, 0) is 11.3 Å².